The van der Waals surface area contributed by atoms with Crippen molar-refractivity contribution in [3.05, 3.63) is 78.0 Å². The highest BCUT2D eigenvalue weighted by Gasteiger charge is 2.29. The van der Waals surface area contributed by atoms with E-state index in [1.807, 2.05) is 36.4 Å². The average molecular weight is 383 g/mol. The zero-order chi connectivity index (χ0) is 20.2. The Morgan fingerprint density at radius 3 is 2.59 bits per heavy atom. The molecule has 4 rings (SSSR count). The van der Waals surface area contributed by atoms with Gasteiger partial charge in [0.05, 0.1) is 17.1 Å². The number of para-hydroxylation sites is 2. The molecule has 0 saturated carbocycles. The largest absolute Gasteiger partial charge is 0.351 e. The van der Waals surface area contributed by atoms with E-state index in [9.17, 15) is 10.1 Å². The van der Waals surface area contributed by atoms with Crippen LogP contribution in [0.2, 0.25) is 0 Å². The lowest BCUT2D eigenvalue weighted by atomic mass is 9.98. The Labute approximate surface area is 169 Å². The van der Waals surface area contributed by atoms with Gasteiger partial charge >= 0.3 is 0 Å². The molecule has 6 heteroatoms. The van der Waals surface area contributed by atoms with Gasteiger partial charge < -0.3 is 10.2 Å². The van der Waals surface area contributed by atoms with Crippen LogP contribution >= 0.6 is 0 Å². The number of aromatic nitrogens is 2. The van der Waals surface area contributed by atoms with Crippen LogP contribution in [-0.4, -0.2) is 29.0 Å². The number of hydrogen-bond acceptors (Lipinski definition) is 5. The number of nitrogens with zero attached hydrogens (tertiary/aromatic N) is 4. The number of anilines is 1. The normalized spacial score (nSPS) is 14.0. The Balaban J connectivity index is 1.80. The highest BCUT2D eigenvalue weighted by atomic mass is 16.1. The van der Waals surface area contributed by atoms with Gasteiger partial charge in [-0.05, 0) is 29.7 Å². The molecule has 6 nitrogen and oxygen atoms in total. The number of benzene rings is 2. The van der Waals surface area contributed by atoms with Gasteiger partial charge in [-0.1, -0.05) is 42.5 Å². The number of hydrogen-bond donors (Lipinski definition) is 1. The van der Waals surface area contributed by atoms with Gasteiger partial charge in [0.2, 0.25) is 5.91 Å². The molecular weight excluding hydrogens is 362 g/mol. The van der Waals surface area contributed by atoms with E-state index >= 15 is 0 Å². The van der Waals surface area contributed by atoms with Crippen molar-refractivity contribution in [3.63, 3.8) is 0 Å². The van der Waals surface area contributed by atoms with Crippen LogP contribution in [0.15, 0.2) is 61.2 Å². The molecule has 29 heavy (non-hydrogen) atoms. The summed E-state index contributed by atoms with van der Waals surface area (Å²) in [5.41, 5.74) is 4.35. The SMILES string of the molecule is C=CCNC(=O)[C@H](C#N)c1nc2ccccc2nc1N1CCc2ccccc2C1. The van der Waals surface area contributed by atoms with Crippen LogP contribution in [0, 0.1) is 11.3 Å². The molecule has 0 saturated heterocycles. The van der Waals surface area contributed by atoms with Crippen molar-refractivity contribution in [1.29, 1.82) is 5.26 Å². The predicted molar refractivity (Wildman–Crippen MR) is 112 cm³/mol. The van der Waals surface area contributed by atoms with Gasteiger partial charge in [-0.25, -0.2) is 9.97 Å². The lowest BCUT2D eigenvalue weighted by Gasteiger charge is -2.31. The Hall–Kier alpha value is -3.72. The molecule has 2 heterocycles. The molecule has 3 aromatic rings. The van der Waals surface area contributed by atoms with Gasteiger partial charge in [-0.3, -0.25) is 4.79 Å². The van der Waals surface area contributed by atoms with Crippen molar-refractivity contribution in [2.24, 2.45) is 0 Å². The molecule has 0 radical (unpaired) electrons. The van der Waals surface area contributed by atoms with Crippen molar-refractivity contribution in [3.8, 4) is 6.07 Å². The fourth-order valence-corrected chi connectivity index (χ4v) is 3.63. The van der Waals surface area contributed by atoms with Crippen LogP contribution in [0.1, 0.15) is 22.7 Å². The summed E-state index contributed by atoms with van der Waals surface area (Å²) in [5.74, 6) is -0.839. The summed E-state index contributed by atoms with van der Waals surface area (Å²) in [5, 5.41) is 12.5. The van der Waals surface area contributed by atoms with Crippen molar-refractivity contribution in [1.82, 2.24) is 15.3 Å². The maximum Gasteiger partial charge on any atom is 0.243 e. The molecule has 1 N–H and O–H groups in total. The first-order chi connectivity index (χ1) is 14.2. The molecule has 0 aliphatic carbocycles. The quantitative estimate of drug-likeness (QED) is 0.685. The molecule has 0 fully saturated rings. The van der Waals surface area contributed by atoms with Gasteiger partial charge in [0.1, 0.15) is 5.69 Å². The van der Waals surface area contributed by atoms with Crippen molar-refractivity contribution in [2.45, 2.75) is 18.9 Å². The van der Waals surface area contributed by atoms with Crippen LogP contribution in [0.25, 0.3) is 11.0 Å². The van der Waals surface area contributed by atoms with Gasteiger partial charge in [-0.15, -0.1) is 6.58 Å². The summed E-state index contributed by atoms with van der Waals surface area (Å²) in [6.45, 7) is 5.33. The van der Waals surface area contributed by atoms with E-state index in [0.717, 1.165) is 18.5 Å². The number of carbonyl (C=O) groups excluding carboxylic acids is 1. The number of amides is 1. The summed E-state index contributed by atoms with van der Waals surface area (Å²) in [4.78, 5) is 24.3. The smallest absolute Gasteiger partial charge is 0.243 e. The van der Waals surface area contributed by atoms with E-state index in [-0.39, 0.29) is 0 Å². The summed E-state index contributed by atoms with van der Waals surface area (Å²) in [6.07, 6.45) is 2.46. The number of nitrogens with one attached hydrogen (secondary N) is 1. The highest BCUT2D eigenvalue weighted by Crippen LogP contribution is 2.30. The van der Waals surface area contributed by atoms with Gasteiger partial charge in [0.15, 0.2) is 11.7 Å². The molecule has 0 unspecified atom stereocenters. The monoisotopic (exact) mass is 383 g/mol. The molecule has 1 aliphatic heterocycles. The lowest BCUT2D eigenvalue weighted by Crippen LogP contribution is -2.35. The standard InChI is InChI=1S/C23H21N5O/c1-2-12-25-23(29)18(14-24)21-22(27-20-10-6-5-9-19(20)26-21)28-13-11-16-7-3-4-8-17(16)15-28/h2-10,18H,1,11-13,15H2,(H,25,29)/t18-/m1/s1. The summed E-state index contributed by atoms with van der Waals surface area (Å²) in [6, 6.07) is 17.9. The number of fused-ring (bicyclic) bond motifs is 2. The van der Waals surface area contributed by atoms with E-state index in [0.29, 0.717) is 30.1 Å². The Morgan fingerprint density at radius 1 is 1.17 bits per heavy atom. The minimum atomic E-state index is -1.04. The second-order valence-corrected chi connectivity index (χ2v) is 6.96. The molecule has 2 aromatic carbocycles. The molecule has 1 aromatic heterocycles. The third-order valence-corrected chi connectivity index (χ3v) is 5.09. The summed E-state index contributed by atoms with van der Waals surface area (Å²) in [7, 11) is 0. The Morgan fingerprint density at radius 2 is 1.86 bits per heavy atom. The second kappa shape index (κ2) is 8.11. The van der Waals surface area contributed by atoms with Gasteiger partial charge in [-0.2, -0.15) is 5.26 Å². The maximum absolute atomic E-state index is 12.6. The highest BCUT2D eigenvalue weighted by molar-refractivity contribution is 5.89. The number of carbonyl (C=O) groups is 1. The topological polar surface area (TPSA) is 81.9 Å². The lowest BCUT2D eigenvalue weighted by molar-refractivity contribution is -0.121. The van der Waals surface area contributed by atoms with E-state index in [4.69, 9.17) is 9.97 Å². The predicted octanol–water partition coefficient (Wildman–Crippen LogP) is 3.10. The van der Waals surface area contributed by atoms with Crippen molar-refractivity contribution >= 4 is 22.8 Å². The van der Waals surface area contributed by atoms with Crippen LogP contribution < -0.4 is 10.2 Å². The second-order valence-electron chi connectivity index (χ2n) is 6.96. The van der Waals surface area contributed by atoms with Crippen LogP contribution in [0.5, 0.6) is 0 Å². The zero-order valence-electron chi connectivity index (χ0n) is 16.0. The minimum Gasteiger partial charge on any atom is -0.351 e. The summed E-state index contributed by atoms with van der Waals surface area (Å²) >= 11 is 0. The van der Waals surface area contributed by atoms with Crippen molar-refractivity contribution in [2.75, 3.05) is 18.0 Å². The molecule has 1 aliphatic rings. The molecule has 0 spiro atoms. The Bertz CT molecular complexity index is 1120. The fourth-order valence-electron chi connectivity index (χ4n) is 3.63. The van der Waals surface area contributed by atoms with E-state index in [1.54, 1.807) is 6.08 Å². The molecule has 1 amide bonds. The first kappa shape index (κ1) is 18.6. The molecule has 0 bridgehead atoms. The van der Waals surface area contributed by atoms with E-state index < -0.39 is 11.8 Å². The number of rotatable bonds is 5. The fraction of sp³-hybridized carbons (Fsp3) is 0.217. The van der Waals surface area contributed by atoms with Crippen molar-refractivity contribution < 1.29 is 4.79 Å². The van der Waals surface area contributed by atoms with Crippen LogP contribution in [0.3, 0.4) is 0 Å². The first-order valence-electron chi connectivity index (χ1n) is 9.58. The van der Waals surface area contributed by atoms with Gasteiger partial charge in [0.25, 0.3) is 0 Å². The first-order valence-corrected chi connectivity index (χ1v) is 9.58. The third kappa shape index (κ3) is 3.67. The average Bonchev–Trinajstić information content (AvgIpc) is 2.77. The number of nitriles is 1. The minimum absolute atomic E-state index is 0.296. The van der Waals surface area contributed by atoms with E-state index in [1.165, 1.54) is 11.1 Å². The maximum atomic E-state index is 12.6. The zero-order valence-corrected chi connectivity index (χ0v) is 16.0. The van der Waals surface area contributed by atoms with Gasteiger partial charge in [0, 0.05) is 19.6 Å². The third-order valence-electron chi connectivity index (χ3n) is 5.09. The molecule has 1 atom stereocenters. The summed E-state index contributed by atoms with van der Waals surface area (Å²) < 4.78 is 0. The molecule has 144 valence electrons. The van der Waals surface area contributed by atoms with E-state index in [2.05, 4.69) is 35.0 Å². The van der Waals surface area contributed by atoms with Crippen LogP contribution in [0.4, 0.5) is 5.82 Å². The molecular formula is C23H21N5O. The Kier molecular flexibility index (Phi) is 5.21. The van der Waals surface area contributed by atoms with Crippen LogP contribution in [-0.2, 0) is 17.8 Å².